The number of rotatable bonds is 3. The van der Waals surface area contributed by atoms with Gasteiger partial charge in [-0.1, -0.05) is 24.3 Å². The molecule has 0 fully saturated rings. The molecule has 0 spiro atoms. The molecule has 0 saturated heterocycles. The third kappa shape index (κ3) is 5.07. The van der Waals surface area contributed by atoms with E-state index >= 15 is 0 Å². The second kappa shape index (κ2) is 7.63. The van der Waals surface area contributed by atoms with Gasteiger partial charge in [-0.3, -0.25) is 4.79 Å². The van der Waals surface area contributed by atoms with Crippen molar-refractivity contribution in [3.8, 4) is 5.75 Å². The summed E-state index contributed by atoms with van der Waals surface area (Å²) < 4.78 is 5.14. The highest BCUT2D eigenvalue weighted by molar-refractivity contribution is 6.30. The molecule has 6 nitrogen and oxygen atoms in total. The Labute approximate surface area is 122 Å². The molecule has 0 saturated carbocycles. The molecule has 0 aliphatic heterocycles. The van der Waals surface area contributed by atoms with Crippen LogP contribution in [0.4, 0.5) is 0 Å². The molecule has 1 atom stereocenters. The van der Waals surface area contributed by atoms with E-state index < -0.39 is 19.2 Å². The van der Waals surface area contributed by atoms with Crippen molar-refractivity contribution in [2.24, 2.45) is 0 Å². The monoisotopic (exact) mass is 292 g/mol. The Morgan fingerprint density at radius 2 is 1.62 bits per heavy atom. The summed E-state index contributed by atoms with van der Waals surface area (Å²) in [7, 11) is -0.540. The van der Waals surface area contributed by atoms with Crippen molar-refractivity contribution in [2.45, 2.75) is 12.8 Å². The molecule has 2 aromatic rings. The third-order valence-electron chi connectivity index (χ3n) is 2.94. The second-order valence-electron chi connectivity index (χ2n) is 4.38. The fourth-order valence-corrected chi connectivity index (χ4v) is 1.78. The molecule has 21 heavy (non-hydrogen) atoms. The van der Waals surface area contributed by atoms with Crippen LogP contribution < -0.4 is 4.74 Å². The molecule has 1 unspecified atom stereocenters. The van der Waals surface area contributed by atoms with Gasteiger partial charge in [-0.2, -0.15) is 0 Å². The van der Waals surface area contributed by atoms with Crippen LogP contribution in [0.5, 0.6) is 5.75 Å². The van der Waals surface area contributed by atoms with Crippen LogP contribution in [0, 0.1) is 0 Å². The fourth-order valence-electron chi connectivity index (χ4n) is 1.78. The standard InChI is InChI=1S/C14H14O3.BH3O3/c1-9(14(15)16)10-3-4-12-8-13(17-2)6-5-11(12)7-10;2-1(3)4/h3-9H,1-2H3,(H,15,16);2-4H. The zero-order valence-electron chi connectivity index (χ0n) is 11.7. The van der Waals surface area contributed by atoms with Gasteiger partial charge >= 0.3 is 13.3 Å². The summed E-state index contributed by atoms with van der Waals surface area (Å²) in [6.45, 7) is 1.69. The zero-order valence-corrected chi connectivity index (χ0v) is 11.7. The van der Waals surface area contributed by atoms with Gasteiger partial charge in [0.05, 0.1) is 13.0 Å². The van der Waals surface area contributed by atoms with E-state index in [9.17, 15) is 4.79 Å². The van der Waals surface area contributed by atoms with Gasteiger partial charge in [0.25, 0.3) is 0 Å². The third-order valence-corrected chi connectivity index (χ3v) is 2.94. The van der Waals surface area contributed by atoms with E-state index in [0.717, 1.165) is 22.1 Å². The van der Waals surface area contributed by atoms with Crippen LogP contribution in [0.25, 0.3) is 10.8 Å². The van der Waals surface area contributed by atoms with Crippen LogP contribution in [0.1, 0.15) is 18.4 Å². The van der Waals surface area contributed by atoms with Gasteiger partial charge in [-0.15, -0.1) is 0 Å². The number of benzene rings is 2. The Balaban J connectivity index is 0.000000491. The number of aliphatic carboxylic acids is 1. The summed E-state index contributed by atoms with van der Waals surface area (Å²) >= 11 is 0. The number of hydrogen-bond donors (Lipinski definition) is 4. The van der Waals surface area contributed by atoms with Crippen LogP contribution in [0.15, 0.2) is 36.4 Å². The molecule has 0 aromatic heterocycles. The van der Waals surface area contributed by atoms with Crippen molar-refractivity contribution in [1.82, 2.24) is 0 Å². The molecule has 0 heterocycles. The van der Waals surface area contributed by atoms with E-state index in [4.69, 9.17) is 24.9 Å². The molecule has 0 amide bonds. The van der Waals surface area contributed by atoms with Gasteiger partial charge in [0.15, 0.2) is 0 Å². The van der Waals surface area contributed by atoms with E-state index in [0.29, 0.717) is 0 Å². The zero-order chi connectivity index (χ0) is 16.0. The van der Waals surface area contributed by atoms with Crippen molar-refractivity contribution < 1.29 is 29.7 Å². The SMILES string of the molecule is COc1ccc2cc(C(C)C(=O)O)ccc2c1.OB(O)O. The van der Waals surface area contributed by atoms with Crippen molar-refractivity contribution >= 4 is 24.1 Å². The highest BCUT2D eigenvalue weighted by Crippen LogP contribution is 2.25. The average molecular weight is 292 g/mol. The van der Waals surface area contributed by atoms with E-state index in [1.807, 2.05) is 36.4 Å². The summed E-state index contributed by atoms with van der Waals surface area (Å²) in [5, 5.41) is 32.5. The number of carboxylic acid groups (broad SMARTS) is 1. The van der Waals surface area contributed by atoms with Gasteiger partial charge in [0, 0.05) is 0 Å². The summed E-state index contributed by atoms with van der Waals surface area (Å²) in [4.78, 5) is 10.9. The number of hydrogen-bond acceptors (Lipinski definition) is 5. The van der Waals surface area contributed by atoms with Crippen molar-refractivity contribution in [3.63, 3.8) is 0 Å². The van der Waals surface area contributed by atoms with E-state index in [1.54, 1.807) is 14.0 Å². The number of methoxy groups -OCH3 is 1. The molecule has 2 aromatic carbocycles. The lowest BCUT2D eigenvalue weighted by molar-refractivity contribution is -0.138. The number of fused-ring (bicyclic) bond motifs is 1. The number of carbonyl (C=O) groups is 1. The summed E-state index contributed by atoms with van der Waals surface area (Å²) in [5.41, 5.74) is 0.815. The summed E-state index contributed by atoms with van der Waals surface area (Å²) in [6, 6.07) is 11.4. The Bertz CT molecular complexity index is 611. The Morgan fingerprint density at radius 3 is 2.14 bits per heavy atom. The number of ether oxygens (including phenoxy) is 1. The first-order chi connectivity index (χ1) is 9.85. The normalized spacial score (nSPS) is 11.3. The minimum Gasteiger partial charge on any atom is -0.497 e. The lowest BCUT2D eigenvalue weighted by Gasteiger charge is -2.08. The van der Waals surface area contributed by atoms with Crippen molar-refractivity contribution in [2.75, 3.05) is 7.11 Å². The fraction of sp³-hybridized carbons (Fsp3) is 0.214. The first-order valence-corrected chi connectivity index (χ1v) is 6.20. The maximum absolute atomic E-state index is 10.9. The molecule has 0 aliphatic rings. The largest absolute Gasteiger partial charge is 0.631 e. The molecule has 0 aliphatic carbocycles. The lowest BCUT2D eigenvalue weighted by atomic mass is 9.98. The number of carboxylic acids is 1. The van der Waals surface area contributed by atoms with E-state index in [1.165, 1.54) is 0 Å². The summed E-state index contributed by atoms with van der Waals surface area (Å²) in [5.74, 6) is -0.490. The molecule has 2 rings (SSSR count). The molecule has 0 bridgehead atoms. The van der Waals surface area contributed by atoms with Crippen LogP contribution in [-0.2, 0) is 4.79 Å². The van der Waals surface area contributed by atoms with Gasteiger partial charge < -0.3 is 24.9 Å². The average Bonchev–Trinajstić information content (AvgIpc) is 2.44. The van der Waals surface area contributed by atoms with Crippen LogP contribution >= 0.6 is 0 Å². The summed E-state index contributed by atoms with van der Waals surface area (Å²) in [6.07, 6.45) is 0. The Morgan fingerprint density at radius 1 is 1.10 bits per heavy atom. The van der Waals surface area contributed by atoms with Crippen LogP contribution in [-0.4, -0.2) is 40.6 Å². The molecular weight excluding hydrogens is 275 g/mol. The quantitative estimate of drug-likeness (QED) is 0.628. The molecular formula is C14H17BO6. The predicted octanol–water partition coefficient (Wildman–Crippen LogP) is 0.985. The van der Waals surface area contributed by atoms with E-state index in [-0.39, 0.29) is 0 Å². The lowest BCUT2D eigenvalue weighted by Crippen LogP contribution is -2.07. The van der Waals surface area contributed by atoms with E-state index in [2.05, 4.69) is 0 Å². The smallest absolute Gasteiger partial charge is 0.497 e. The van der Waals surface area contributed by atoms with Crippen LogP contribution in [0.3, 0.4) is 0 Å². The highest BCUT2D eigenvalue weighted by atomic mass is 16.5. The predicted molar refractivity (Wildman–Crippen MR) is 79.0 cm³/mol. The maximum Gasteiger partial charge on any atom is 0.631 e. The molecule has 4 N–H and O–H groups in total. The van der Waals surface area contributed by atoms with Gasteiger partial charge in [0.2, 0.25) is 0 Å². The Kier molecular flexibility index (Phi) is 6.17. The first kappa shape index (κ1) is 17.0. The van der Waals surface area contributed by atoms with Crippen molar-refractivity contribution in [3.05, 3.63) is 42.0 Å². The highest BCUT2D eigenvalue weighted by Gasteiger charge is 2.13. The molecule has 7 heteroatoms. The molecule has 112 valence electrons. The minimum absolute atomic E-state index is 0.485. The van der Waals surface area contributed by atoms with Gasteiger partial charge in [0.1, 0.15) is 5.75 Å². The van der Waals surface area contributed by atoms with Crippen LogP contribution in [0.2, 0.25) is 0 Å². The second-order valence-corrected chi connectivity index (χ2v) is 4.38. The topological polar surface area (TPSA) is 107 Å². The first-order valence-electron chi connectivity index (χ1n) is 6.20. The minimum atomic E-state index is -2.17. The maximum atomic E-state index is 10.9. The van der Waals surface area contributed by atoms with Crippen molar-refractivity contribution in [1.29, 1.82) is 0 Å². The Hall–Kier alpha value is -2.09. The van der Waals surface area contributed by atoms with Gasteiger partial charge in [-0.05, 0) is 35.4 Å². The molecule has 0 radical (unpaired) electrons. The van der Waals surface area contributed by atoms with Gasteiger partial charge in [-0.25, -0.2) is 0 Å².